The number of fused-ring (bicyclic) bond motifs is 10. The van der Waals surface area contributed by atoms with E-state index < -0.39 is 0 Å². The highest BCUT2D eigenvalue weighted by molar-refractivity contribution is 8.00. The number of allylic oxidation sites excluding steroid dienone is 2. The Kier molecular flexibility index (Phi) is 3.17. The van der Waals surface area contributed by atoms with Crippen molar-refractivity contribution in [3.05, 3.63) is 11.6 Å². The van der Waals surface area contributed by atoms with Gasteiger partial charge < -0.3 is 0 Å². The SMILES string of the molecule is CC1=CC2C3CC(SC4CC5CC4C4CC(S)CC54)C(C3)C2C1. The molecule has 0 radical (unpaired) electrons. The molecule has 0 aromatic carbocycles. The number of thiol groups is 1. The maximum atomic E-state index is 4.83. The second-order valence-electron chi connectivity index (χ2n) is 9.91. The zero-order valence-electron chi connectivity index (χ0n) is 14.2. The summed E-state index contributed by atoms with van der Waals surface area (Å²) >= 11 is 7.32. The smallest absolute Gasteiger partial charge is 0.00841 e. The minimum absolute atomic E-state index is 0.731. The lowest BCUT2D eigenvalue weighted by molar-refractivity contribution is 0.262. The minimum atomic E-state index is 0.731. The molecular weight excluding hydrogens is 316 g/mol. The van der Waals surface area contributed by atoms with Crippen molar-refractivity contribution in [3.63, 3.8) is 0 Å². The van der Waals surface area contributed by atoms with Crippen molar-refractivity contribution in [1.82, 2.24) is 0 Å². The molecule has 0 amide bonds. The zero-order valence-corrected chi connectivity index (χ0v) is 15.9. The molecule has 11 unspecified atom stereocenters. The summed E-state index contributed by atoms with van der Waals surface area (Å²) in [7, 11) is 0. The van der Waals surface area contributed by atoms with Crippen LogP contribution in [0.3, 0.4) is 0 Å². The largest absolute Gasteiger partial charge is 0.176 e. The summed E-state index contributed by atoms with van der Waals surface area (Å²) in [5.74, 6) is 8.46. The maximum absolute atomic E-state index is 4.83. The van der Waals surface area contributed by atoms with E-state index in [4.69, 9.17) is 12.6 Å². The van der Waals surface area contributed by atoms with Crippen LogP contribution in [0.5, 0.6) is 0 Å². The van der Waals surface area contributed by atoms with Gasteiger partial charge in [0.2, 0.25) is 0 Å². The van der Waals surface area contributed by atoms with Gasteiger partial charge in [-0.1, -0.05) is 11.6 Å². The van der Waals surface area contributed by atoms with E-state index in [0.29, 0.717) is 0 Å². The number of hydrogen-bond donors (Lipinski definition) is 1. The Morgan fingerprint density at radius 1 is 0.826 bits per heavy atom. The van der Waals surface area contributed by atoms with Gasteiger partial charge in [-0.05, 0) is 99.2 Å². The molecule has 0 saturated heterocycles. The predicted molar refractivity (Wildman–Crippen MR) is 102 cm³/mol. The average molecular weight is 347 g/mol. The molecule has 4 bridgehead atoms. The molecule has 5 fully saturated rings. The summed E-state index contributed by atoms with van der Waals surface area (Å²) in [4.78, 5) is 0. The first-order valence-corrected chi connectivity index (χ1v) is 11.6. The first kappa shape index (κ1) is 14.6. The van der Waals surface area contributed by atoms with Gasteiger partial charge in [0.15, 0.2) is 0 Å². The van der Waals surface area contributed by atoms with Crippen molar-refractivity contribution in [2.24, 2.45) is 47.3 Å². The van der Waals surface area contributed by atoms with E-state index in [-0.39, 0.29) is 0 Å². The van der Waals surface area contributed by atoms with Gasteiger partial charge in [0.25, 0.3) is 0 Å². The number of thioether (sulfide) groups is 1. The second-order valence-corrected chi connectivity index (χ2v) is 12.1. The van der Waals surface area contributed by atoms with Crippen molar-refractivity contribution in [2.75, 3.05) is 0 Å². The molecule has 2 heteroatoms. The van der Waals surface area contributed by atoms with Crippen LogP contribution in [0.1, 0.15) is 51.9 Å². The molecule has 0 spiro atoms. The lowest BCUT2D eigenvalue weighted by atomic mass is 9.81. The maximum Gasteiger partial charge on any atom is 0.00841 e. The number of rotatable bonds is 2. The molecule has 6 rings (SSSR count). The van der Waals surface area contributed by atoms with Crippen LogP contribution in [0.25, 0.3) is 0 Å². The Balaban J connectivity index is 1.16. The van der Waals surface area contributed by atoms with E-state index in [1.54, 1.807) is 31.3 Å². The first-order chi connectivity index (χ1) is 11.2. The van der Waals surface area contributed by atoms with Gasteiger partial charge in [0.05, 0.1) is 0 Å². The average Bonchev–Trinajstić information content (AvgIpc) is 3.24. The van der Waals surface area contributed by atoms with E-state index in [0.717, 1.165) is 63.1 Å². The molecule has 23 heavy (non-hydrogen) atoms. The summed E-state index contributed by atoms with van der Waals surface area (Å²) in [6.45, 7) is 2.38. The highest BCUT2D eigenvalue weighted by Crippen LogP contribution is 2.66. The summed E-state index contributed by atoms with van der Waals surface area (Å²) < 4.78 is 0. The Hall–Kier alpha value is 0.440. The van der Waals surface area contributed by atoms with Crippen molar-refractivity contribution in [1.29, 1.82) is 0 Å². The summed E-state index contributed by atoms with van der Waals surface area (Å²) in [5, 5.41) is 2.78. The lowest BCUT2D eigenvalue weighted by Crippen LogP contribution is -2.32. The Bertz CT molecular complexity index is 550. The quantitative estimate of drug-likeness (QED) is 0.513. The van der Waals surface area contributed by atoms with Crippen molar-refractivity contribution < 1.29 is 0 Å². The van der Waals surface area contributed by atoms with Gasteiger partial charge in [-0.25, -0.2) is 0 Å². The van der Waals surface area contributed by atoms with E-state index >= 15 is 0 Å². The molecule has 11 atom stereocenters. The van der Waals surface area contributed by atoms with Crippen LogP contribution in [-0.2, 0) is 0 Å². The van der Waals surface area contributed by atoms with Crippen LogP contribution in [0.4, 0.5) is 0 Å². The van der Waals surface area contributed by atoms with E-state index in [2.05, 4.69) is 24.8 Å². The van der Waals surface area contributed by atoms with Gasteiger partial charge in [-0.15, -0.1) is 0 Å². The predicted octanol–water partition coefficient (Wildman–Crippen LogP) is 5.44. The summed E-state index contributed by atoms with van der Waals surface area (Å²) in [5.41, 5.74) is 1.70. The van der Waals surface area contributed by atoms with Gasteiger partial charge >= 0.3 is 0 Å². The zero-order chi connectivity index (χ0) is 15.3. The number of hydrogen-bond acceptors (Lipinski definition) is 2. The second kappa shape index (κ2) is 5.00. The molecule has 0 aromatic rings. The normalized spacial score (nSPS) is 62.0. The van der Waals surface area contributed by atoms with E-state index in [9.17, 15) is 0 Å². The molecule has 5 saturated carbocycles. The molecule has 6 aliphatic carbocycles. The van der Waals surface area contributed by atoms with Crippen LogP contribution >= 0.6 is 24.4 Å². The highest BCUT2D eigenvalue weighted by Gasteiger charge is 2.58. The lowest BCUT2D eigenvalue weighted by Gasteiger charge is -2.37. The molecule has 0 aromatic heterocycles. The van der Waals surface area contributed by atoms with Crippen LogP contribution in [-0.4, -0.2) is 15.7 Å². The van der Waals surface area contributed by atoms with Gasteiger partial charge in [-0.2, -0.15) is 24.4 Å². The third-order valence-corrected chi connectivity index (χ3v) is 11.1. The molecule has 6 aliphatic rings. The van der Waals surface area contributed by atoms with E-state index in [1.807, 2.05) is 0 Å². The molecule has 0 nitrogen and oxygen atoms in total. The summed E-state index contributed by atoms with van der Waals surface area (Å²) in [6.07, 6.45) is 13.2. The van der Waals surface area contributed by atoms with Crippen LogP contribution in [0, 0.1) is 47.3 Å². The topological polar surface area (TPSA) is 0 Å². The van der Waals surface area contributed by atoms with Crippen molar-refractivity contribution in [2.45, 2.75) is 67.6 Å². The fourth-order valence-electron chi connectivity index (χ4n) is 8.30. The summed E-state index contributed by atoms with van der Waals surface area (Å²) in [6, 6.07) is 0. The third kappa shape index (κ3) is 2.00. The standard InChI is InChI=1S/C21H30S2/c1-10-2-14-11-4-18(16(14)3-10)20(6-11)23-21-7-12-5-19(21)17-9-13(22)8-15(12)17/h2,11-22H,3-9H2,1H3. The Morgan fingerprint density at radius 2 is 1.52 bits per heavy atom. The van der Waals surface area contributed by atoms with Gasteiger partial charge in [0.1, 0.15) is 0 Å². The van der Waals surface area contributed by atoms with Crippen LogP contribution in [0.15, 0.2) is 11.6 Å². The molecular formula is C21H30S2. The fraction of sp³-hybridized carbons (Fsp3) is 0.905. The fourth-order valence-corrected chi connectivity index (χ4v) is 11.0. The first-order valence-electron chi connectivity index (χ1n) is 10.2. The van der Waals surface area contributed by atoms with E-state index in [1.165, 1.54) is 19.3 Å². The van der Waals surface area contributed by atoms with Gasteiger partial charge in [0, 0.05) is 15.7 Å². The monoisotopic (exact) mass is 346 g/mol. The molecule has 0 aliphatic heterocycles. The highest BCUT2D eigenvalue weighted by atomic mass is 32.2. The van der Waals surface area contributed by atoms with Crippen molar-refractivity contribution in [3.8, 4) is 0 Å². The molecule has 0 N–H and O–H groups in total. The Morgan fingerprint density at radius 3 is 2.39 bits per heavy atom. The molecule has 126 valence electrons. The van der Waals surface area contributed by atoms with Crippen LogP contribution < -0.4 is 0 Å². The molecule has 0 heterocycles. The van der Waals surface area contributed by atoms with Gasteiger partial charge in [-0.3, -0.25) is 0 Å². The minimum Gasteiger partial charge on any atom is -0.176 e. The van der Waals surface area contributed by atoms with Crippen molar-refractivity contribution >= 4 is 24.4 Å². The Labute approximate surface area is 151 Å². The third-order valence-electron chi connectivity index (χ3n) is 8.94. The van der Waals surface area contributed by atoms with Crippen LogP contribution in [0.2, 0.25) is 0 Å².